The van der Waals surface area contributed by atoms with Gasteiger partial charge in [0.2, 0.25) is 5.91 Å². The molecule has 4 rings (SSSR count). The Hall–Kier alpha value is -3.06. The van der Waals surface area contributed by atoms with Crippen molar-refractivity contribution in [1.29, 1.82) is 0 Å². The van der Waals surface area contributed by atoms with Crippen LogP contribution >= 0.6 is 11.8 Å². The highest BCUT2D eigenvalue weighted by Crippen LogP contribution is 2.21. The molecule has 0 atom stereocenters. The molecule has 160 valence electrons. The van der Waals surface area contributed by atoms with Gasteiger partial charge in [0.1, 0.15) is 5.82 Å². The van der Waals surface area contributed by atoms with Crippen LogP contribution in [0.5, 0.6) is 0 Å². The van der Waals surface area contributed by atoms with Gasteiger partial charge in [0.15, 0.2) is 5.16 Å². The molecule has 1 aliphatic heterocycles. The highest BCUT2D eigenvalue weighted by atomic mass is 32.2. The Morgan fingerprint density at radius 2 is 1.65 bits per heavy atom. The van der Waals surface area contributed by atoms with Gasteiger partial charge in [0, 0.05) is 44.8 Å². The van der Waals surface area contributed by atoms with E-state index in [0.717, 1.165) is 37.2 Å². The predicted molar refractivity (Wildman–Crippen MR) is 125 cm³/mol. The minimum atomic E-state index is 0.149. The number of hydrogen-bond donors (Lipinski definition) is 0. The Kier molecular flexibility index (Phi) is 7.04. The van der Waals surface area contributed by atoms with Crippen molar-refractivity contribution in [2.24, 2.45) is 0 Å². The Bertz CT molecular complexity index is 997. The lowest BCUT2D eigenvalue weighted by Gasteiger charge is -2.36. The van der Waals surface area contributed by atoms with Crippen LogP contribution in [0.15, 0.2) is 78.5 Å². The molecule has 1 aromatic heterocycles. The highest BCUT2D eigenvalue weighted by molar-refractivity contribution is 7.99. The molecule has 7 heteroatoms. The van der Waals surface area contributed by atoms with Crippen molar-refractivity contribution in [1.82, 2.24) is 19.7 Å². The lowest BCUT2D eigenvalue weighted by Crippen LogP contribution is -2.49. The average molecular weight is 434 g/mol. The smallest absolute Gasteiger partial charge is 0.233 e. The molecule has 0 spiro atoms. The minimum absolute atomic E-state index is 0.149. The molecule has 0 aliphatic carbocycles. The van der Waals surface area contributed by atoms with Gasteiger partial charge in [-0.1, -0.05) is 66.4 Å². The molecule has 31 heavy (non-hydrogen) atoms. The Morgan fingerprint density at radius 1 is 0.968 bits per heavy atom. The molecule has 0 saturated carbocycles. The van der Waals surface area contributed by atoms with Gasteiger partial charge in [0.05, 0.1) is 5.75 Å². The fraction of sp³-hybridized carbons (Fsp3) is 0.292. The summed E-state index contributed by atoms with van der Waals surface area (Å²) in [6.07, 6.45) is 2.55. The summed E-state index contributed by atoms with van der Waals surface area (Å²) in [6.45, 7) is 7.68. The molecule has 0 N–H and O–H groups in total. The first-order valence-electron chi connectivity index (χ1n) is 10.5. The number of anilines is 1. The number of aromatic nitrogens is 3. The SMILES string of the molecule is C=CCn1c(Cc2ccccc2)nnc1SCC(=O)N1CCN(c2ccccc2)CC1. The lowest BCUT2D eigenvalue weighted by atomic mass is 10.1. The van der Waals surface area contributed by atoms with Crippen LogP contribution in [0.4, 0.5) is 5.69 Å². The number of thioether (sulfide) groups is 1. The Labute approximate surface area is 187 Å². The maximum atomic E-state index is 12.8. The number of carbonyl (C=O) groups excluding carboxylic acids is 1. The van der Waals surface area contributed by atoms with E-state index in [1.165, 1.54) is 23.0 Å². The molecule has 2 heterocycles. The number of amides is 1. The summed E-state index contributed by atoms with van der Waals surface area (Å²) < 4.78 is 2.05. The first-order chi connectivity index (χ1) is 15.2. The van der Waals surface area contributed by atoms with E-state index in [4.69, 9.17) is 0 Å². The van der Waals surface area contributed by atoms with Crippen LogP contribution in [0.3, 0.4) is 0 Å². The third-order valence-electron chi connectivity index (χ3n) is 5.39. The molecule has 1 aliphatic rings. The molecule has 1 saturated heterocycles. The van der Waals surface area contributed by atoms with Gasteiger partial charge in [-0.25, -0.2) is 0 Å². The van der Waals surface area contributed by atoms with Crippen LogP contribution in [0.2, 0.25) is 0 Å². The molecular weight excluding hydrogens is 406 g/mol. The van der Waals surface area contributed by atoms with Crippen LogP contribution in [-0.2, 0) is 17.8 Å². The van der Waals surface area contributed by atoms with Crippen molar-refractivity contribution in [2.75, 3.05) is 36.8 Å². The van der Waals surface area contributed by atoms with Gasteiger partial charge in [-0.2, -0.15) is 0 Å². The number of hydrogen-bond acceptors (Lipinski definition) is 5. The summed E-state index contributed by atoms with van der Waals surface area (Å²) >= 11 is 1.45. The molecule has 0 unspecified atom stereocenters. The number of benzene rings is 2. The second kappa shape index (κ2) is 10.3. The monoisotopic (exact) mass is 433 g/mol. The fourth-order valence-corrected chi connectivity index (χ4v) is 4.59. The minimum Gasteiger partial charge on any atom is -0.368 e. The van der Waals surface area contributed by atoms with Crippen molar-refractivity contribution in [3.63, 3.8) is 0 Å². The number of allylic oxidation sites excluding steroid dienone is 1. The van der Waals surface area contributed by atoms with Crippen LogP contribution in [0.1, 0.15) is 11.4 Å². The van der Waals surface area contributed by atoms with E-state index in [0.29, 0.717) is 18.7 Å². The molecule has 1 amide bonds. The van der Waals surface area contributed by atoms with Gasteiger partial charge in [-0.3, -0.25) is 4.79 Å². The number of rotatable bonds is 8. The van der Waals surface area contributed by atoms with Gasteiger partial charge >= 0.3 is 0 Å². The van der Waals surface area contributed by atoms with E-state index in [-0.39, 0.29) is 5.91 Å². The van der Waals surface area contributed by atoms with Gasteiger partial charge in [-0.05, 0) is 17.7 Å². The summed E-state index contributed by atoms with van der Waals surface area (Å²) in [6, 6.07) is 20.6. The predicted octanol–water partition coefficient (Wildman–Crippen LogP) is 3.50. The van der Waals surface area contributed by atoms with Gasteiger partial charge in [-0.15, -0.1) is 16.8 Å². The molecular formula is C24H27N5OS. The number of nitrogens with zero attached hydrogens (tertiary/aromatic N) is 5. The molecule has 1 fully saturated rings. The third kappa shape index (κ3) is 5.35. The largest absolute Gasteiger partial charge is 0.368 e. The molecule has 0 bridgehead atoms. The zero-order valence-electron chi connectivity index (χ0n) is 17.6. The van der Waals surface area contributed by atoms with Crippen LogP contribution < -0.4 is 4.90 Å². The number of para-hydroxylation sites is 1. The normalized spacial score (nSPS) is 13.9. The standard InChI is InChI=1S/C24H27N5OS/c1-2-13-29-22(18-20-9-5-3-6-10-20)25-26-24(29)31-19-23(30)28-16-14-27(15-17-28)21-11-7-4-8-12-21/h2-12H,1,13-19H2. The van der Waals surface area contributed by atoms with E-state index in [1.54, 1.807) is 0 Å². The van der Waals surface area contributed by atoms with Crippen LogP contribution in [0, 0.1) is 0 Å². The second-order valence-corrected chi connectivity index (χ2v) is 8.40. The second-order valence-electron chi connectivity index (χ2n) is 7.45. The maximum Gasteiger partial charge on any atom is 0.233 e. The zero-order chi connectivity index (χ0) is 21.5. The summed E-state index contributed by atoms with van der Waals surface area (Å²) in [5.74, 6) is 1.40. The fourth-order valence-electron chi connectivity index (χ4n) is 3.72. The molecule has 0 radical (unpaired) electrons. The first-order valence-corrected chi connectivity index (χ1v) is 11.5. The molecule has 3 aromatic rings. The highest BCUT2D eigenvalue weighted by Gasteiger charge is 2.22. The summed E-state index contributed by atoms with van der Waals surface area (Å²) in [5, 5.41) is 9.49. The summed E-state index contributed by atoms with van der Waals surface area (Å²) in [7, 11) is 0. The third-order valence-corrected chi connectivity index (χ3v) is 6.34. The Morgan fingerprint density at radius 3 is 2.32 bits per heavy atom. The Balaban J connectivity index is 1.33. The number of carbonyl (C=O) groups is 1. The zero-order valence-corrected chi connectivity index (χ0v) is 18.4. The summed E-state index contributed by atoms with van der Waals surface area (Å²) in [4.78, 5) is 17.1. The number of piperazine rings is 1. The quantitative estimate of drug-likeness (QED) is 0.402. The van der Waals surface area contributed by atoms with E-state index in [1.807, 2.05) is 39.8 Å². The van der Waals surface area contributed by atoms with E-state index < -0.39 is 0 Å². The van der Waals surface area contributed by atoms with Crippen LogP contribution in [-0.4, -0.2) is 57.5 Å². The van der Waals surface area contributed by atoms with Crippen molar-refractivity contribution in [3.05, 3.63) is 84.7 Å². The van der Waals surface area contributed by atoms with E-state index >= 15 is 0 Å². The lowest BCUT2D eigenvalue weighted by molar-refractivity contribution is -0.128. The topological polar surface area (TPSA) is 54.3 Å². The summed E-state index contributed by atoms with van der Waals surface area (Å²) in [5.41, 5.74) is 2.40. The van der Waals surface area contributed by atoms with E-state index in [2.05, 4.69) is 58.1 Å². The molecule has 2 aromatic carbocycles. The van der Waals surface area contributed by atoms with Crippen molar-refractivity contribution < 1.29 is 4.79 Å². The van der Waals surface area contributed by atoms with Crippen molar-refractivity contribution in [3.8, 4) is 0 Å². The molecule has 6 nitrogen and oxygen atoms in total. The first kappa shape index (κ1) is 21.2. The van der Waals surface area contributed by atoms with E-state index in [9.17, 15) is 4.79 Å². The average Bonchev–Trinajstić information content (AvgIpc) is 3.20. The van der Waals surface area contributed by atoms with Crippen LogP contribution in [0.25, 0.3) is 0 Å². The van der Waals surface area contributed by atoms with Gasteiger partial charge in [0.25, 0.3) is 0 Å². The van der Waals surface area contributed by atoms with Gasteiger partial charge < -0.3 is 14.4 Å². The maximum absolute atomic E-state index is 12.8. The van der Waals surface area contributed by atoms with Crippen molar-refractivity contribution in [2.45, 2.75) is 18.1 Å². The van der Waals surface area contributed by atoms with Crippen molar-refractivity contribution >= 4 is 23.4 Å².